The number of imide groups is 1. The summed E-state index contributed by atoms with van der Waals surface area (Å²) in [6.45, 7) is 0. The fraction of sp³-hybridized carbons (Fsp3) is 0.467. The van der Waals surface area contributed by atoms with E-state index in [1.54, 1.807) is 0 Å². The summed E-state index contributed by atoms with van der Waals surface area (Å²) in [5.41, 5.74) is 0.702. The van der Waals surface area contributed by atoms with Crippen LogP contribution in [0, 0.1) is 23.7 Å². The summed E-state index contributed by atoms with van der Waals surface area (Å²) in [5, 5.41) is 0. The lowest BCUT2D eigenvalue weighted by atomic mass is 9.81. The van der Waals surface area contributed by atoms with Crippen LogP contribution in [0.2, 0.25) is 0 Å². The Morgan fingerprint density at radius 1 is 0.900 bits per heavy atom. The second kappa shape index (κ2) is 4.41. The van der Waals surface area contributed by atoms with Crippen molar-refractivity contribution in [3.8, 4) is 0 Å². The molecule has 104 valence electrons. The summed E-state index contributed by atoms with van der Waals surface area (Å²) in [4.78, 5) is 27.4. The summed E-state index contributed by atoms with van der Waals surface area (Å²) in [6.07, 6.45) is 0.973. The van der Waals surface area contributed by atoms with Crippen molar-refractivity contribution in [1.29, 1.82) is 0 Å². The lowest BCUT2D eigenvalue weighted by molar-refractivity contribution is -0.123. The van der Waals surface area contributed by atoms with E-state index in [-0.39, 0.29) is 35.5 Å². The van der Waals surface area contributed by atoms with Gasteiger partial charge in [-0.05, 0) is 30.4 Å². The highest BCUT2D eigenvalue weighted by Crippen LogP contribution is 2.60. The Kier molecular flexibility index (Phi) is 2.87. The van der Waals surface area contributed by atoms with Crippen LogP contribution in [0.5, 0.6) is 0 Å². The van der Waals surface area contributed by atoms with E-state index >= 15 is 0 Å². The van der Waals surface area contributed by atoms with E-state index in [0.29, 0.717) is 15.3 Å². The molecule has 4 rings (SSSR count). The van der Waals surface area contributed by atoms with Gasteiger partial charge in [0.2, 0.25) is 11.8 Å². The Hall–Kier alpha value is -0.680. The minimum absolute atomic E-state index is 0.0115. The van der Waals surface area contributed by atoms with Crippen LogP contribution in [0.4, 0.5) is 5.69 Å². The average molecular weight is 399 g/mol. The molecule has 3 fully saturated rings. The molecule has 1 saturated heterocycles. The maximum Gasteiger partial charge on any atom is 0.238 e. The third kappa shape index (κ3) is 1.51. The molecule has 1 aromatic carbocycles. The number of amides is 2. The molecular weight excluding hydrogens is 386 g/mol. The van der Waals surface area contributed by atoms with E-state index in [9.17, 15) is 9.59 Å². The molecular formula is C15H13Br2NO2. The minimum Gasteiger partial charge on any atom is -0.274 e. The maximum atomic E-state index is 12.7. The summed E-state index contributed by atoms with van der Waals surface area (Å²) >= 11 is 7.38. The van der Waals surface area contributed by atoms with Gasteiger partial charge >= 0.3 is 0 Å². The molecule has 0 spiro atoms. The van der Waals surface area contributed by atoms with Gasteiger partial charge in [-0.2, -0.15) is 0 Å². The molecule has 20 heavy (non-hydrogen) atoms. The van der Waals surface area contributed by atoms with Crippen molar-refractivity contribution in [3.63, 3.8) is 0 Å². The van der Waals surface area contributed by atoms with E-state index in [0.717, 1.165) is 6.42 Å². The van der Waals surface area contributed by atoms with Crippen LogP contribution in [0.25, 0.3) is 0 Å². The number of benzene rings is 1. The summed E-state index contributed by atoms with van der Waals surface area (Å²) in [5.74, 6) is 0.265. The molecule has 1 heterocycles. The highest BCUT2D eigenvalue weighted by atomic mass is 79.9. The summed E-state index contributed by atoms with van der Waals surface area (Å²) in [7, 11) is 0. The van der Waals surface area contributed by atoms with Crippen LogP contribution < -0.4 is 4.90 Å². The van der Waals surface area contributed by atoms with Gasteiger partial charge in [-0.3, -0.25) is 14.5 Å². The van der Waals surface area contributed by atoms with Crippen molar-refractivity contribution in [2.24, 2.45) is 23.7 Å². The van der Waals surface area contributed by atoms with Gasteiger partial charge < -0.3 is 0 Å². The van der Waals surface area contributed by atoms with E-state index in [2.05, 4.69) is 31.9 Å². The molecule has 6 atom stereocenters. The van der Waals surface area contributed by atoms with E-state index < -0.39 is 0 Å². The molecule has 3 aliphatic rings. The summed E-state index contributed by atoms with van der Waals surface area (Å²) < 4.78 is 0. The second-order valence-corrected chi connectivity index (χ2v) is 7.97. The Balaban J connectivity index is 1.75. The number of alkyl halides is 2. The number of fused-ring (bicyclic) bond motifs is 5. The van der Waals surface area contributed by atoms with E-state index in [1.807, 2.05) is 30.3 Å². The lowest BCUT2D eigenvalue weighted by Crippen LogP contribution is -2.37. The van der Waals surface area contributed by atoms with Crippen molar-refractivity contribution in [2.45, 2.75) is 16.1 Å². The number of para-hydroxylation sites is 1. The quantitative estimate of drug-likeness (QED) is 0.538. The molecule has 2 bridgehead atoms. The van der Waals surface area contributed by atoms with Gasteiger partial charge in [0.25, 0.3) is 0 Å². The lowest BCUT2D eigenvalue weighted by Gasteiger charge is -2.28. The van der Waals surface area contributed by atoms with Crippen molar-refractivity contribution in [3.05, 3.63) is 30.3 Å². The Morgan fingerprint density at radius 3 is 1.90 bits per heavy atom. The standard InChI is InChI=1S/C15H13Br2NO2/c16-12-8-6-9(13(12)17)11-10(8)14(19)18(15(11)20)7-4-2-1-3-5-7/h1-5,8-13H,6H2/t8-,9-,10-,11-,12-,13+/m1/s1. The van der Waals surface area contributed by atoms with Crippen molar-refractivity contribution in [1.82, 2.24) is 0 Å². The molecule has 3 nitrogen and oxygen atoms in total. The van der Waals surface area contributed by atoms with Gasteiger partial charge in [0, 0.05) is 9.65 Å². The monoisotopic (exact) mass is 397 g/mol. The Morgan fingerprint density at radius 2 is 1.40 bits per heavy atom. The van der Waals surface area contributed by atoms with Crippen molar-refractivity contribution in [2.75, 3.05) is 4.90 Å². The fourth-order valence-electron chi connectivity index (χ4n) is 4.18. The van der Waals surface area contributed by atoms with E-state index in [4.69, 9.17) is 0 Å². The number of rotatable bonds is 1. The first-order valence-corrected chi connectivity index (χ1v) is 8.65. The van der Waals surface area contributed by atoms with Crippen LogP contribution in [0.1, 0.15) is 6.42 Å². The molecule has 0 aromatic heterocycles. The zero-order valence-electron chi connectivity index (χ0n) is 10.6. The molecule has 1 aliphatic heterocycles. The third-order valence-corrected chi connectivity index (χ3v) is 8.21. The fourth-order valence-corrected chi connectivity index (χ4v) is 6.05. The van der Waals surface area contributed by atoms with Gasteiger partial charge in [0.05, 0.1) is 17.5 Å². The van der Waals surface area contributed by atoms with Crippen LogP contribution in [0.3, 0.4) is 0 Å². The third-order valence-electron chi connectivity index (χ3n) is 5.00. The second-order valence-electron chi connectivity index (χ2n) is 5.85. The normalized spacial score (nSPS) is 42.4. The predicted octanol–water partition coefficient (Wildman–Crippen LogP) is 2.97. The smallest absolute Gasteiger partial charge is 0.238 e. The largest absolute Gasteiger partial charge is 0.274 e. The molecule has 2 saturated carbocycles. The van der Waals surface area contributed by atoms with Crippen molar-refractivity contribution < 1.29 is 9.59 Å². The van der Waals surface area contributed by atoms with Gasteiger partial charge in [0.15, 0.2) is 0 Å². The number of halogens is 2. The van der Waals surface area contributed by atoms with Crippen LogP contribution >= 0.6 is 31.9 Å². The molecule has 0 radical (unpaired) electrons. The highest BCUT2D eigenvalue weighted by Gasteiger charge is 2.66. The molecule has 2 amide bonds. The molecule has 0 unspecified atom stereocenters. The zero-order valence-corrected chi connectivity index (χ0v) is 13.7. The van der Waals surface area contributed by atoms with Gasteiger partial charge in [-0.25, -0.2) is 0 Å². The molecule has 5 heteroatoms. The first-order valence-electron chi connectivity index (χ1n) is 6.82. The van der Waals surface area contributed by atoms with Crippen LogP contribution in [-0.4, -0.2) is 21.5 Å². The highest BCUT2D eigenvalue weighted by molar-refractivity contribution is 9.12. The SMILES string of the molecule is O=C1[C@@H]2[C@H]3C[C@@H]([C@@H](Br)[C@H]3Br)[C@H]2C(=O)N1c1ccccc1. The minimum atomic E-state index is -0.133. The van der Waals surface area contributed by atoms with Crippen molar-refractivity contribution >= 4 is 49.4 Å². The molecule has 0 N–H and O–H groups in total. The van der Waals surface area contributed by atoms with Crippen LogP contribution in [0.15, 0.2) is 30.3 Å². The first-order chi connectivity index (χ1) is 9.61. The number of nitrogens with zero attached hydrogens (tertiary/aromatic N) is 1. The first kappa shape index (κ1) is 13.0. The Bertz CT molecular complexity index is 559. The number of carbonyl (C=O) groups excluding carboxylic acids is 2. The predicted molar refractivity (Wildman–Crippen MR) is 82.9 cm³/mol. The Labute approximate surface area is 134 Å². The topological polar surface area (TPSA) is 37.4 Å². The van der Waals surface area contributed by atoms with E-state index in [1.165, 1.54) is 4.90 Å². The van der Waals surface area contributed by atoms with Gasteiger partial charge in [0.1, 0.15) is 0 Å². The zero-order chi connectivity index (χ0) is 14.0. The summed E-state index contributed by atoms with van der Waals surface area (Å²) in [6, 6.07) is 9.27. The number of hydrogen-bond donors (Lipinski definition) is 0. The van der Waals surface area contributed by atoms with Crippen LogP contribution in [-0.2, 0) is 9.59 Å². The molecule has 1 aromatic rings. The van der Waals surface area contributed by atoms with Gasteiger partial charge in [-0.1, -0.05) is 50.1 Å². The number of hydrogen-bond acceptors (Lipinski definition) is 2. The molecule has 2 aliphatic carbocycles. The number of anilines is 1. The maximum absolute atomic E-state index is 12.7. The number of carbonyl (C=O) groups is 2. The van der Waals surface area contributed by atoms with Gasteiger partial charge in [-0.15, -0.1) is 0 Å². The average Bonchev–Trinajstić information content (AvgIpc) is 3.05.